The van der Waals surface area contributed by atoms with E-state index in [-0.39, 0.29) is 35.9 Å². The van der Waals surface area contributed by atoms with E-state index in [1.807, 2.05) is 19.3 Å². The van der Waals surface area contributed by atoms with Crippen LogP contribution >= 0.6 is 0 Å². The first-order valence-corrected chi connectivity index (χ1v) is 7.63. The summed E-state index contributed by atoms with van der Waals surface area (Å²) < 4.78 is 31.9. The van der Waals surface area contributed by atoms with Gasteiger partial charge in [0.25, 0.3) is 5.91 Å². The van der Waals surface area contributed by atoms with Crippen molar-refractivity contribution >= 4 is 15.9 Å². The largest absolute Gasteiger partial charge is 0.373 e. The van der Waals surface area contributed by atoms with E-state index in [9.17, 15) is 13.2 Å². The molecule has 2 atom stereocenters. The van der Waals surface area contributed by atoms with Gasteiger partial charge < -0.3 is 9.72 Å². The van der Waals surface area contributed by atoms with Crippen LogP contribution in [0.1, 0.15) is 24.3 Å². The molecule has 20 heavy (non-hydrogen) atoms. The van der Waals surface area contributed by atoms with E-state index in [0.717, 1.165) is 0 Å². The van der Waals surface area contributed by atoms with Gasteiger partial charge in [0.1, 0.15) is 10.6 Å². The lowest BCUT2D eigenvalue weighted by molar-refractivity contribution is -0.0440. The van der Waals surface area contributed by atoms with Crippen molar-refractivity contribution in [3.05, 3.63) is 18.0 Å². The highest BCUT2D eigenvalue weighted by Gasteiger charge is 2.33. The predicted octanol–water partition coefficient (Wildman–Crippen LogP) is -0.584. The number of amides is 1. The molecule has 0 aromatic carbocycles. The number of nitrogen functional groups attached to an aromatic ring is 1. The summed E-state index contributed by atoms with van der Waals surface area (Å²) >= 11 is 0. The van der Waals surface area contributed by atoms with E-state index in [0.29, 0.717) is 0 Å². The minimum Gasteiger partial charge on any atom is -0.373 e. The lowest BCUT2D eigenvalue weighted by Crippen LogP contribution is -2.48. The van der Waals surface area contributed by atoms with E-state index >= 15 is 0 Å². The van der Waals surface area contributed by atoms with Gasteiger partial charge in [-0.3, -0.25) is 10.2 Å². The van der Waals surface area contributed by atoms with Crippen molar-refractivity contribution in [1.82, 2.24) is 14.7 Å². The average Bonchev–Trinajstić information content (AvgIpc) is 2.86. The van der Waals surface area contributed by atoms with Crippen LogP contribution in [0.5, 0.6) is 0 Å². The molecular formula is C11H18N4O4S. The zero-order chi connectivity index (χ0) is 14.9. The number of carbonyl (C=O) groups is 1. The first-order chi connectivity index (χ1) is 9.34. The number of hydrogen-bond acceptors (Lipinski definition) is 5. The highest BCUT2D eigenvalue weighted by Crippen LogP contribution is 2.21. The van der Waals surface area contributed by atoms with E-state index in [1.54, 1.807) is 0 Å². The Morgan fingerprint density at radius 1 is 1.45 bits per heavy atom. The summed E-state index contributed by atoms with van der Waals surface area (Å²) in [7, 11) is -3.65. The van der Waals surface area contributed by atoms with Crippen LogP contribution in [0.3, 0.4) is 0 Å². The van der Waals surface area contributed by atoms with E-state index in [1.165, 1.54) is 16.6 Å². The third-order valence-electron chi connectivity index (χ3n) is 3.06. The van der Waals surface area contributed by atoms with Crippen molar-refractivity contribution in [2.45, 2.75) is 31.0 Å². The predicted molar refractivity (Wildman–Crippen MR) is 71.2 cm³/mol. The molecule has 8 nitrogen and oxygen atoms in total. The molecular weight excluding hydrogens is 284 g/mol. The fraction of sp³-hybridized carbons (Fsp3) is 0.545. The smallest absolute Gasteiger partial charge is 0.281 e. The molecule has 2 heterocycles. The molecule has 1 aliphatic rings. The topological polar surface area (TPSA) is 118 Å². The minimum atomic E-state index is -3.65. The van der Waals surface area contributed by atoms with Crippen molar-refractivity contribution in [3.8, 4) is 0 Å². The molecule has 0 spiro atoms. The fourth-order valence-corrected chi connectivity index (χ4v) is 3.79. The number of hydrazine groups is 1. The maximum absolute atomic E-state index is 12.5. The van der Waals surface area contributed by atoms with Crippen molar-refractivity contribution in [2.24, 2.45) is 5.84 Å². The number of H-pyrrole nitrogens is 1. The van der Waals surface area contributed by atoms with Crippen molar-refractivity contribution in [3.63, 3.8) is 0 Å². The third kappa shape index (κ3) is 2.85. The van der Waals surface area contributed by atoms with Gasteiger partial charge in [0.2, 0.25) is 10.0 Å². The Hall–Kier alpha value is -1.42. The fourth-order valence-electron chi connectivity index (χ4n) is 2.21. The van der Waals surface area contributed by atoms with Gasteiger partial charge >= 0.3 is 0 Å². The standard InChI is InChI=1S/C11H18N4O4S/c1-7-5-15(6-8(2)19-7)20(17,18)9-3-10(13-4-9)11(16)14-12/h3-4,7-8,13H,5-6,12H2,1-2H3,(H,14,16). The third-order valence-corrected chi connectivity index (χ3v) is 4.87. The molecule has 9 heteroatoms. The van der Waals surface area contributed by atoms with Crippen LogP contribution in [0.15, 0.2) is 17.2 Å². The Labute approximate surface area is 117 Å². The molecule has 1 aliphatic heterocycles. The molecule has 1 saturated heterocycles. The number of aromatic nitrogens is 1. The number of rotatable bonds is 3. The van der Waals surface area contributed by atoms with Gasteiger partial charge in [0, 0.05) is 19.3 Å². The summed E-state index contributed by atoms with van der Waals surface area (Å²) in [5.41, 5.74) is 2.04. The van der Waals surface area contributed by atoms with Crippen molar-refractivity contribution in [1.29, 1.82) is 0 Å². The highest BCUT2D eigenvalue weighted by molar-refractivity contribution is 7.89. The molecule has 0 saturated carbocycles. The van der Waals surface area contributed by atoms with Gasteiger partial charge in [-0.15, -0.1) is 0 Å². The zero-order valence-electron chi connectivity index (χ0n) is 11.3. The molecule has 2 rings (SSSR count). The zero-order valence-corrected chi connectivity index (χ0v) is 12.1. The number of nitrogens with one attached hydrogen (secondary N) is 2. The maximum Gasteiger partial charge on any atom is 0.281 e. The van der Waals surface area contributed by atoms with Gasteiger partial charge in [-0.2, -0.15) is 4.31 Å². The van der Waals surface area contributed by atoms with Gasteiger partial charge in [-0.05, 0) is 19.9 Å². The number of morpholine rings is 1. The van der Waals surface area contributed by atoms with Gasteiger partial charge in [0.05, 0.1) is 12.2 Å². The molecule has 0 radical (unpaired) electrons. The number of hydrogen-bond donors (Lipinski definition) is 3. The second-order valence-corrected chi connectivity index (χ2v) is 6.74. The van der Waals surface area contributed by atoms with Gasteiger partial charge in [-0.1, -0.05) is 0 Å². The summed E-state index contributed by atoms with van der Waals surface area (Å²) in [4.78, 5) is 14.0. The second kappa shape index (κ2) is 5.52. The normalized spacial score (nSPS) is 24.6. The molecule has 0 bridgehead atoms. The van der Waals surface area contributed by atoms with Crippen LogP contribution in [-0.2, 0) is 14.8 Å². The number of carbonyl (C=O) groups excluding carboxylic acids is 1. The molecule has 2 unspecified atom stereocenters. The van der Waals surface area contributed by atoms with Crippen LogP contribution in [0.25, 0.3) is 0 Å². The van der Waals surface area contributed by atoms with E-state index in [4.69, 9.17) is 10.6 Å². The molecule has 1 fully saturated rings. The average molecular weight is 302 g/mol. The highest BCUT2D eigenvalue weighted by atomic mass is 32.2. The Bertz CT molecular complexity index is 587. The molecule has 4 N–H and O–H groups in total. The summed E-state index contributed by atoms with van der Waals surface area (Å²) in [6, 6.07) is 1.27. The molecule has 112 valence electrons. The van der Waals surface area contributed by atoms with E-state index in [2.05, 4.69) is 4.98 Å². The monoisotopic (exact) mass is 302 g/mol. The molecule has 1 amide bonds. The lowest BCUT2D eigenvalue weighted by Gasteiger charge is -2.34. The first kappa shape index (κ1) is 15.0. The number of aromatic amines is 1. The summed E-state index contributed by atoms with van der Waals surface area (Å²) in [6.07, 6.45) is 0.948. The second-order valence-electron chi connectivity index (χ2n) is 4.80. The number of nitrogens with zero attached hydrogens (tertiary/aromatic N) is 1. The molecule has 1 aromatic rings. The molecule has 0 aliphatic carbocycles. The van der Waals surface area contributed by atoms with Gasteiger partial charge in [-0.25, -0.2) is 14.3 Å². The lowest BCUT2D eigenvalue weighted by atomic mass is 10.3. The van der Waals surface area contributed by atoms with E-state index < -0.39 is 15.9 Å². The van der Waals surface area contributed by atoms with Crippen LogP contribution in [0, 0.1) is 0 Å². The van der Waals surface area contributed by atoms with Crippen LogP contribution < -0.4 is 11.3 Å². The SMILES string of the molecule is CC1CN(S(=O)(=O)c2c[nH]c(C(=O)NN)c2)CC(C)O1. The van der Waals surface area contributed by atoms with Crippen LogP contribution in [0.4, 0.5) is 0 Å². The van der Waals surface area contributed by atoms with Crippen LogP contribution in [-0.4, -0.2) is 48.9 Å². The quantitative estimate of drug-likeness (QED) is 0.392. The summed E-state index contributed by atoms with van der Waals surface area (Å²) in [5, 5.41) is 0. The Balaban J connectivity index is 2.26. The van der Waals surface area contributed by atoms with Crippen LogP contribution in [0.2, 0.25) is 0 Å². The Kier molecular flexibility index (Phi) is 4.14. The number of sulfonamides is 1. The van der Waals surface area contributed by atoms with Crippen molar-refractivity contribution < 1.29 is 17.9 Å². The van der Waals surface area contributed by atoms with Gasteiger partial charge in [0.15, 0.2) is 0 Å². The summed E-state index contributed by atoms with van der Waals surface area (Å²) in [6.45, 7) is 4.22. The summed E-state index contributed by atoms with van der Waals surface area (Å²) in [5.74, 6) is 4.43. The van der Waals surface area contributed by atoms with Crippen molar-refractivity contribution in [2.75, 3.05) is 13.1 Å². The maximum atomic E-state index is 12.5. The number of nitrogens with two attached hydrogens (primary N) is 1. The minimum absolute atomic E-state index is 0.0393. The molecule has 1 aromatic heterocycles. The Morgan fingerprint density at radius 3 is 2.60 bits per heavy atom. The number of ether oxygens (including phenoxy) is 1. The Morgan fingerprint density at radius 2 is 2.05 bits per heavy atom. The first-order valence-electron chi connectivity index (χ1n) is 6.19.